The van der Waals surface area contributed by atoms with Crippen LogP contribution in [0.15, 0.2) is 24.3 Å². The molecule has 0 saturated heterocycles. The Labute approximate surface area is 68.9 Å². The van der Waals surface area contributed by atoms with E-state index in [1.54, 1.807) is 12.1 Å². The third-order valence-corrected chi connectivity index (χ3v) is 1.63. The first kappa shape index (κ1) is 7.90. The van der Waals surface area contributed by atoms with Gasteiger partial charge in [0.15, 0.2) is 0 Å². The fraction of sp³-hybridized carbons (Fsp3) is 0. The zero-order valence-electron chi connectivity index (χ0n) is 5.02. The van der Waals surface area contributed by atoms with Gasteiger partial charge in [-0.15, -0.1) is 0 Å². The standard InChI is InChI=1S/C6H4BCl2F/c8-7(9)5-1-3-6(10)4-2-5/h1-4H. The van der Waals surface area contributed by atoms with Crippen LogP contribution >= 0.6 is 22.9 Å². The molecule has 10 heavy (non-hydrogen) atoms. The molecule has 0 fully saturated rings. The van der Waals surface area contributed by atoms with Gasteiger partial charge in [0.25, 0.3) is 0 Å². The van der Waals surface area contributed by atoms with E-state index in [1.807, 2.05) is 0 Å². The Balaban J connectivity index is 2.89. The van der Waals surface area contributed by atoms with Gasteiger partial charge in [0.2, 0.25) is 0 Å². The molecular weight excluding hydrogens is 173 g/mol. The molecule has 4 heteroatoms. The molecule has 0 saturated carbocycles. The van der Waals surface area contributed by atoms with Crippen molar-refractivity contribution < 1.29 is 4.39 Å². The maximum Gasteiger partial charge on any atom is 0.382 e. The Hall–Kier alpha value is -0.205. The van der Waals surface area contributed by atoms with Crippen molar-refractivity contribution in [2.45, 2.75) is 0 Å². The minimum Gasteiger partial charge on any atom is -0.207 e. The van der Waals surface area contributed by atoms with Crippen molar-refractivity contribution in [3.05, 3.63) is 30.1 Å². The topological polar surface area (TPSA) is 0 Å². The number of hydrogen-bond acceptors (Lipinski definition) is 0. The van der Waals surface area contributed by atoms with E-state index < -0.39 is 5.54 Å². The SMILES string of the molecule is Fc1ccc(B(Cl)Cl)cc1. The predicted molar refractivity (Wildman–Crippen MR) is 43.5 cm³/mol. The fourth-order valence-electron chi connectivity index (χ4n) is 0.608. The normalized spacial score (nSPS) is 9.50. The Bertz CT molecular complexity index is 209. The first-order chi connectivity index (χ1) is 4.70. The van der Waals surface area contributed by atoms with Crippen molar-refractivity contribution in [3.8, 4) is 0 Å². The highest BCUT2D eigenvalue weighted by atomic mass is 35.5. The second-order valence-electron chi connectivity index (χ2n) is 1.85. The van der Waals surface area contributed by atoms with Crippen LogP contribution < -0.4 is 5.46 Å². The van der Waals surface area contributed by atoms with Crippen molar-refractivity contribution in [3.63, 3.8) is 0 Å². The third kappa shape index (κ3) is 1.89. The molecule has 52 valence electrons. The van der Waals surface area contributed by atoms with Crippen LogP contribution in [0.1, 0.15) is 0 Å². The monoisotopic (exact) mass is 176 g/mol. The molecule has 0 nitrogen and oxygen atoms in total. The lowest BCUT2D eigenvalue weighted by Crippen LogP contribution is -2.17. The number of hydrogen-bond donors (Lipinski definition) is 0. The molecule has 0 atom stereocenters. The summed E-state index contributed by atoms with van der Waals surface area (Å²) in [6.07, 6.45) is 0. The highest BCUT2D eigenvalue weighted by Crippen LogP contribution is 1.99. The van der Waals surface area contributed by atoms with E-state index >= 15 is 0 Å². The molecule has 0 unspecified atom stereocenters. The summed E-state index contributed by atoms with van der Waals surface area (Å²) in [4.78, 5) is 0. The van der Waals surface area contributed by atoms with Gasteiger partial charge in [-0.3, -0.25) is 0 Å². The molecule has 0 amide bonds. The quantitative estimate of drug-likeness (QED) is 0.575. The number of rotatable bonds is 1. The number of benzene rings is 1. The Morgan fingerprint density at radius 2 is 1.60 bits per heavy atom. The van der Waals surface area contributed by atoms with Crippen LogP contribution in [0.2, 0.25) is 0 Å². The van der Waals surface area contributed by atoms with Gasteiger partial charge in [0.05, 0.1) is 0 Å². The molecule has 0 spiro atoms. The Morgan fingerprint density at radius 3 is 2.00 bits per heavy atom. The second-order valence-corrected chi connectivity index (χ2v) is 2.95. The van der Waals surface area contributed by atoms with Gasteiger partial charge in [0, 0.05) is 0 Å². The summed E-state index contributed by atoms with van der Waals surface area (Å²) < 4.78 is 12.3. The highest BCUT2D eigenvalue weighted by Gasteiger charge is 2.07. The summed E-state index contributed by atoms with van der Waals surface area (Å²) >= 11 is 11.0. The van der Waals surface area contributed by atoms with E-state index in [4.69, 9.17) is 22.9 Å². The van der Waals surface area contributed by atoms with E-state index in [2.05, 4.69) is 0 Å². The molecule has 0 aliphatic carbocycles. The molecule has 0 radical (unpaired) electrons. The van der Waals surface area contributed by atoms with Gasteiger partial charge in [-0.2, -0.15) is 22.9 Å². The molecule has 1 aromatic carbocycles. The molecular formula is C6H4BCl2F. The molecule has 0 heterocycles. The maximum absolute atomic E-state index is 12.3. The zero-order valence-corrected chi connectivity index (χ0v) is 6.53. The zero-order chi connectivity index (χ0) is 7.56. The first-order valence-electron chi connectivity index (χ1n) is 2.74. The van der Waals surface area contributed by atoms with E-state index in [1.165, 1.54) is 12.1 Å². The van der Waals surface area contributed by atoms with Crippen molar-refractivity contribution in [2.24, 2.45) is 0 Å². The lowest BCUT2D eigenvalue weighted by atomic mass is 9.93. The van der Waals surface area contributed by atoms with Crippen molar-refractivity contribution in [1.29, 1.82) is 0 Å². The van der Waals surface area contributed by atoms with Gasteiger partial charge in [0.1, 0.15) is 5.82 Å². The van der Waals surface area contributed by atoms with Crippen LogP contribution in [0.4, 0.5) is 4.39 Å². The van der Waals surface area contributed by atoms with Gasteiger partial charge in [-0.25, -0.2) is 4.39 Å². The minimum absolute atomic E-state index is 0.280. The molecule has 1 aromatic rings. The molecule has 0 aliphatic rings. The Kier molecular flexibility index (Phi) is 2.58. The predicted octanol–water partition coefficient (Wildman–Crippen LogP) is 2.00. The molecule has 1 rings (SSSR count). The third-order valence-electron chi connectivity index (χ3n) is 1.12. The molecule has 0 N–H and O–H groups in total. The summed E-state index contributed by atoms with van der Waals surface area (Å²) in [6, 6.07) is 5.76. The minimum atomic E-state index is -0.569. The van der Waals surface area contributed by atoms with E-state index in [0.29, 0.717) is 5.46 Å². The summed E-state index contributed by atoms with van der Waals surface area (Å²) in [5, 5.41) is 0. The average Bonchev–Trinajstić information content (AvgIpc) is 1.88. The van der Waals surface area contributed by atoms with Crippen LogP contribution in [-0.4, -0.2) is 5.54 Å². The summed E-state index contributed by atoms with van der Waals surface area (Å²) in [6.45, 7) is 0. The van der Waals surface area contributed by atoms with Crippen LogP contribution in [0, 0.1) is 5.82 Å². The number of halogens is 3. The van der Waals surface area contributed by atoms with Crippen molar-refractivity contribution >= 4 is 33.9 Å². The molecule has 0 aromatic heterocycles. The lowest BCUT2D eigenvalue weighted by Gasteiger charge is -1.95. The molecule has 0 bridgehead atoms. The van der Waals surface area contributed by atoms with Crippen LogP contribution in [0.3, 0.4) is 0 Å². The van der Waals surface area contributed by atoms with Crippen LogP contribution in [0.25, 0.3) is 0 Å². The largest absolute Gasteiger partial charge is 0.382 e. The van der Waals surface area contributed by atoms with Crippen molar-refractivity contribution in [2.75, 3.05) is 0 Å². The van der Waals surface area contributed by atoms with Gasteiger partial charge < -0.3 is 0 Å². The summed E-state index contributed by atoms with van der Waals surface area (Å²) in [7, 11) is 0. The van der Waals surface area contributed by atoms with Crippen LogP contribution in [-0.2, 0) is 0 Å². The van der Waals surface area contributed by atoms with E-state index in [-0.39, 0.29) is 5.82 Å². The average molecular weight is 177 g/mol. The van der Waals surface area contributed by atoms with Gasteiger partial charge in [-0.1, -0.05) is 12.1 Å². The highest BCUT2D eigenvalue weighted by molar-refractivity contribution is 7.39. The second kappa shape index (κ2) is 3.26. The summed E-state index contributed by atoms with van der Waals surface area (Å²) in [5.41, 5.74) is 0.144. The summed E-state index contributed by atoms with van der Waals surface area (Å²) in [5.74, 6) is -0.280. The molecule has 0 aliphatic heterocycles. The lowest BCUT2D eigenvalue weighted by molar-refractivity contribution is 0.628. The fourth-order valence-corrected chi connectivity index (χ4v) is 0.899. The first-order valence-corrected chi connectivity index (χ1v) is 3.61. The van der Waals surface area contributed by atoms with Gasteiger partial charge >= 0.3 is 5.54 Å². The van der Waals surface area contributed by atoms with E-state index in [9.17, 15) is 4.39 Å². The smallest absolute Gasteiger partial charge is 0.207 e. The van der Waals surface area contributed by atoms with Crippen molar-refractivity contribution in [1.82, 2.24) is 0 Å². The maximum atomic E-state index is 12.3. The van der Waals surface area contributed by atoms with Crippen LogP contribution in [0.5, 0.6) is 0 Å². The van der Waals surface area contributed by atoms with Gasteiger partial charge in [-0.05, 0) is 17.6 Å². The van der Waals surface area contributed by atoms with E-state index in [0.717, 1.165) is 0 Å². The Morgan fingerprint density at radius 1 is 1.10 bits per heavy atom.